The van der Waals surface area contributed by atoms with Crippen LogP contribution in [0, 0.1) is 11.3 Å². The highest BCUT2D eigenvalue weighted by atomic mass is 16.5. The van der Waals surface area contributed by atoms with E-state index in [0.717, 1.165) is 13.2 Å². The van der Waals surface area contributed by atoms with Crippen molar-refractivity contribution in [3.8, 4) is 6.07 Å². The van der Waals surface area contributed by atoms with Crippen LogP contribution in [0.3, 0.4) is 0 Å². The lowest BCUT2D eigenvalue weighted by molar-refractivity contribution is 0.0594. The molecule has 0 amide bonds. The predicted octanol–water partition coefficient (Wildman–Crippen LogP) is -0.503. The number of nitrogens with one attached hydrogen (secondary N) is 1. The van der Waals surface area contributed by atoms with E-state index in [9.17, 15) is 0 Å². The molecule has 0 bridgehead atoms. The van der Waals surface area contributed by atoms with Crippen LogP contribution in [-0.4, -0.2) is 37.5 Å². The van der Waals surface area contributed by atoms with E-state index in [1.807, 2.05) is 0 Å². The number of hydrogen-bond donors (Lipinski definition) is 2. The molecule has 1 heterocycles. The van der Waals surface area contributed by atoms with Crippen molar-refractivity contribution in [3.05, 3.63) is 0 Å². The molecule has 2 N–H and O–H groups in total. The highest BCUT2D eigenvalue weighted by molar-refractivity contribution is 4.61. The van der Waals surface area contributed by atoms with Gasteiger partial charge in [0, 0.05) is 20.0 Å². The Bertz CT molecular complexity index is 114. The summed E-state index contributed by atoms with van der Waals surface area (Å²) >= 11 is 0. The monoisotopic (exact) mass is 158 g/mol. The highest BCUT2D eigenvalue weighted by Crippen LogP contribution is 1.86. The van der Waals surface area contributed by atoms with Gasteiger partial charge in [0.05, 0.1) is 25.4 Å². The van der Waals surface area contributed by atoms with Crippen molar-refractivity contribution in [2.75, 3.05) is 26.3 Å². The second kappa shape index (κ2) is 7.48. The van der Waals surface area contributed by atoms with Gasteiger partial charge in [0.15, 0.2) is 0 Å². The van der Waals surface area contributed by atoms with Gasteiger partial charge in [0.2, 0.25) is 0 Å². The van der Waals surface area contributed by atoms with E-state index in [4.69, 9.17) is 15.1 Å². The summed E-state index contributed by atoms with van der Waals surface area (Å²) in [5.74, 6) is 0. The molecule has 0 radical (unpaired) electrons. The van der Waals surface area contributed by atoms with E-state index in [1.54, 1.807) is 6.07 Å². The van der Waals surface area contributed by atoms with Gasteiger partial charge in [-0.1, -0.05) is 0 Å². The maximum absolute atomic E-state index is 8.90. The second-order valence-electron chi connectivity index (χ2n) is 2.16. The Labute approximate surface area is 66.8 Å². The van der Waals surface area contributed by atoms with Crippen molar-refractivity contribution in [1.29, 1.82) is 5.26 Å². The normalized spacial score (nSPS) is 23.9. The number of nitrogens with zero attached hydrogens (tertiary/aromatic N) is 1. The van der Waals surface area contributed by atoms with E-state index in [0.29, 0.717) is 13.2 Å². The van der Waals surface area contributed by atoms with E-state index in [2.05, 4.69) is 5.32 Å². The van der Waals surface area contributed by atoms with E-state index < -0.39 is 0 Å². The van der Waals surface area contributed by atoms with Crippen molar-refractivity contribution < 1.29 is 9.84 Å². The molecule has 0 aromatic heterocycles. The van der Waals surface area contributed by atoms with Crippen LogP contribution in [0.15, 0.2) is 0 Å². The fraction of sp³-hybridized carbons (Fsp3) is 0.857. The first-order valence-electron chi connectivity index (χ1n) is 3.58. The summed E-state index contributed by atoms with van der Waals surface area (Å²) in [7, 11) is 0. The minimum absolute atomic E-state index is 0.308. The maximum atomic E-state index is 8.90. The molecule has 0 spiro atoms. The van der Waals surface area contributed by atoms with Gasteiger partial charge in [-0.3, -0.25) is 0 Å². The van der Waals surface area contributed by atoms with E-state index >= 15 is 0 Å². The third-order valence-electron chi connectivity index (χ3n) is 1.11. The number of β-amino-alcohol motifs (C(OH)–C–C–N with tert-alkyl or cyclic N) is 1. The number of ether oxygens (including phenoxy) is 1. The van der Waals surface area contributed by atoms with Gasteiger partial charge < -0.3 is 15.2 Å². The Balaban J connectivity index is 0.000000292. The molecule has 1 rings (SSSR count). The molecule has 4 nitrogen and oxygen atoms in total. The molecule has 11 heavy (non-hydrogen) atoms. The van der Waals surface area contributed by atoms with Crippen molar-refractivity contribution >= 4 is 0 Å². The summed E-state index contributed by atoms with van der Waals surface area (Å²) in [6.45, 7) is 4.15. The third kappa shape index (κ3) is 7.26. The van der Waals surface area contributed by atoms with Crippen LogP contribution >= 0.6 is 0 Å². The summed E-state index contributed by atoms with van der Waals surface area (Å²) < 4.78 is 4.99. The molecule has 0 saturated carbocycles. The molecule has 1 aliphatic rings. The van der Waals surface area contributed by atoms with Gasteiger partial charge in [-0.15, -0.1) is 0 Å². The number of aliphatic hydroxyl groups is 1. The van der Waals surface area contributed by atoms with E-state index in [-0.39, 0.29) is 6.10 Å². The lowest BCUT2D eigenvalue weighted by atomic mass is 10.4. The molecule has 1 aliphatic heterocycles. The Morgan fingerprint density at radius 3 is 3.00 bits per heavy atom. The first-order valence-corrected chi connectivity index (χ1v) is 3.58. The zero-order chi connectivity index (χ0) is 8.53. The highest BCUT2D eigenvalue weighted by Gasteiger charge is 2.05. The molecule has 0 aliphatic carbocycles. The first kappa shape index (κ1) is 10.4. The van der Waals surface area contributed by atoms with Crippen LogP contribution < -0.4 is 5.32 Å². The van der Waals surface area contributed by atoms with Gasteiger partial charge in [-0.25, -0.2) is 0 Å². The first-order chi connectivity index (χ1) is 5.31. The van der Waals surface area contributed by atoms with Crippen molar-refractivity contribution in [2.24, 2.45) is 0 Å². The summed E-state index contributed by atoms with van der Waals surface area (Å²) in [6.07, 6.45) is -0.308. The molecule has 64 valence electrons. The van der Waals surface area contributed by atoms with E-state index in [1.165, 1.54) is 6.92 Å². The molecule has 1 saturated heterocycles. The summed E-state index contributed by atoms with van der Waals surface area (Å²) in [5.41, 5.74) is 0. The molecule has 1 atom stereocenters. The molecule has 4 heteroatoms. The Morgan fingerprint density at radius 1 is 1.73 bits per heavy atom. The van der Waals surface area contributed by atoms with Crippen molar-refractivity contribution in [2.45, 2.75) is 13.0 Å². The quantitative estimate of drug-likeness (QED) is 0.498. The van der Waals surface area contributed by atoms with Crippen LogP contribution in [0.5, 0.6) is 0 Å². The zero-order valence-electron chi connectivity index (χ0n) is 6.71. The van der Waals surface area contributed by atoms with Crippen LogP contribution in [0.4, 0.5) is 0 Å². The molecule has 1 unspecified atom stereocenters. The summed E-state index contributed by atoms with van der Waals surface area (Å²) in [4.78, 5) is 0. The van der Waals surface area contributed by atoms with Crippen LogP contribution in [0.25, 0.3) is 0 Å². The zero-order valence-corrected chi connectivity index (χ0v) is 6.71. The lowest BCUT2D eigenvalue weighted by Gasteiger charge is -2.02. The number of nitriles is 1. The van der Waals surface area contributed by atoms with Gasteiger partial charge in [0.25, 0.3) is 0 Å². The molecule has 1 fully saturated rings. The molecular formula is C7H14N2O2. The minimum atomic E-state index is -0.308. The fourth-order valence-electron chi connectivity index (χ4n) is 0.691. The standard InChI is InChI=1S/C5H11NO2.C2H3N/c7-5-3-6-1-2-8-4-5;1-2-3/h5-7H,1-4H2;1H3. The van der Waals surface area contributed by atoms with Crippen LogP contribution in [-0.2, 0) is 4.74 Å². The summed E-state index contributed by atoms with van der Waals surface area (Å²) in [5, 5.41) is 19.2. The topological polar surface area (TPSA) is 65.3 Å². The van der Waals surface area contributed by atoms with Crippen LogP contribution in [0.1, 0.15) is 6.92 Å². The second-order valence-corrected chi connectivity index (χ2v) is 2.16. The lowest BCUT2D eigenvalue weighted by Crippen LogP contribution is -2.26. The molecular weight excluding hydrogens is 144 g/mol. The Kier molecular flexibility index (Phi) is 7.05. The Morgan fingerprint density at radius 2 is 2.36 bits per heavy atom. The van der Waals surface area contributed by atoms with Gasteiger partial charge in [-0.05, 0) is 0 Å². The Hall–Kier alpha value is -0.630. The van der Waals surface area contributed by atoms with Crippen LogP contribution in [0.2, 0.25) is 0 Å². The summed E-state index contributed by atoms with van der Waals surface area (Å²) in [6, 6.07) is 1.75. The van der Waals surface area contributed by atoms with Gasteiger partial charge in [0.1, 0.15) is 0 Å². The molecule has 0 aromatic rings. The number of aliphatic hydroxyl groups excluding tert-OH is 1. The number of rotatable bonds is 0. The minimum Gasteiger partial charge on any atom is -0.389 e. The third-order valence-corrected chi connectivity index (χ3v) is 1.11. The fourth-order valence-corrected chi connectivity index (χ4v) is 0.691. The smallest absolute Gasteiger partial charge is 0.0897 e. The van der Waals surface area contributed by atoms with Gasteiger partial charge >= 0.3 is 0 Å². The molecule has 0 aromatic carbocycles. The largest absolute Gasteiger partial charge is 0.389 e. The van der Waals surface area contributed by atoms with Crippen molar-refractivity contribution in [3.63, 3.8) is 0 Å². The SMILES string of the molecule is CC#N.OC1CNCCOC1. The van der Waals surface area contributed by atoms with Gasteiger partial charge in [-0.2, -0.15) is 5.26 Å². The average molecular weight is 158 g/mol. The maximum Gasteiger partial charge on any atom is 0.0897 e. The van der Waals surface area contributed by atoms with Crippen molar-refractivity contribution in [1.82, 2.24) is 5.32 Å². The predicted molar refractivity (Wildman–Crippen MR) is 41.0 cm³/mol. The average Bonchev–Trinajstić information content (AvgIpc) is 2.18. The number of hydrogen-bond acceptors (Lipinski definition) is 4.